The van der Waals surface area contributed by atoms with Crippen LogP contribution in [-0.4, -0.2) is 24.8 Å². The van der Waals surface area contributed by atoms with Crippen LogP contribution in [0.3, 0.4) is 0 Å². The predicted octanol–water partition coefficient (Wildman–Crippen LogP) is 3.95. The van der Waals surface area contributed by atoms with Gasteiger partial charge in [0.1, 0.15) is 0 Å². The number of hydrogen-bond donors (Lipinski definition) is 0. The molecule has 1 atom stereocenters. The van der Waals surface area contributed by atoms with E-state index in [2.05, 4.69) is 42.2 Å². The van der Waals surface area contributed by atoms with Gasteiger partial charge in [-0.3, -0.25) is 4.90 Å². The molecule has 0 aromatic heterocycles. The Morgan fingerprint density at radius 3 is 3.00 bits per heavy atom. The molecule has 0 saturated heterocycles. The van der Waals surface area contributed by atoms with E-state index in [1.807, 2.05) is 0 Å². The minimum Gasteiger partial charge on any atom is -0.454 e. The number of benzene rings is 2. The third kappa shape index (κ3) is 1.86. The second-order valence-corrected chi connectivity index (χ2v) is 6.72. The van der Waals surface area contributed by atoms with Gasteiger partial charge in [-0.2, -0.15) is 0 Å². The summed E-state index contributed by atoms with van der Waals surface area (Å²) in [6, 6.07) is 11.6. The van der Waals surface area contributed by atoms with Crippen LogP contribution >= 0.6 is 0 Å². The van der Waals surface area contributed by atoms with Crippen molar-refractivity contribution in [2.45, 2.75) is 32.2 Å². The Kier molecular flexibility index (Phi) is 2.92. The molecule has 0 saturated carbocycles. The quantitative estimate of drug-likeness (QED) is 0.838. The molecule has 3 nitrogen and oxygen atoms in total. The van der Waals surface area contributed by atoms with E-state index in [9.17, 15) is 0 Å². The number of nitrogens with zero attached hydrogens (tertiary/aromatic N) is 1. The first-order chi connectivity index (χ1) is 11.4. The SMILES string of the molecule is CCCN1CCc2cccc3c2[C@H]1Cc1ccc2c(c1-3)OCO2. The Morgan fingerprint density at radius 1 is 1.13 bits per heavy atom. The van der Waals surface area contributed by atoms with Crippen LogP contribution in [0.25, 0.3) is 11.1 Å². The molecule has 0 N–H and O–H groups in total. The standard InChI is InChI=1S/C20H21NO2/c1-2-9-21-10-8-13-4-3-5-15-18(13)16(21)11-14-6-7-17-20(19(14)15)23-12-22-17/h3-7,16H,2,8-12H2,1H3/t16-/m1/s1. The van der Waals surface area contributed by atoms with E-state index in [0.717, 1.165) is 24.3 Å². The molecule has 2 aromatic rings. The van der Waals surface area contributed by atoms with E-state index < -0.39 is 0 Å². The third-order valence-corrected chi connectivity index (χ3v) is 5.46. The highest BCUT2D eigenvalue weighted by Crippen LogP contribution is 2.52. The molecule has 0 bridgehead atoms. The van der Waals surface area contributed by atoms with Gasteiger partial charge in [-0.25, -0.2) is 0 Å². The monoisotopic (exact) mass is 307 g/mol. The summed E-state index contributed by atoms with van der Waals surface area (Å²) < 4.78 is 11.4. The van der Waals surface area contributed by atoms with Crippen LogP contribution in [0.15, 0.2) is 30.3 Å². The Morgan fingerprint density at radius 2 is 2.09 bits per heavy atom. The zero-order valence-corrected chi connectivity index (χ0v) is 13.5. The highest BCUT2D eigenvalue weighted by molar-refractivity contribution is 5.83. The third-order valence-electron chi connectivity index (χ3n) is 5.46. The fraction of sp³-hybridized carbons (Fsp3) is 0.400. The Hall–Kier alpha value is -2.00. The maximum atomic E-state index is 5.82. The van der Waals surface area contributed by atoms with E-state index in [-0.39, 0.29) is 0 Å². The Bertz CT molecular complexity index is 783. The van der Waals surface area contributed by atoms with Crippen molar-refractivity contribution in [3.63, 3.8) is 0 Å². The van der Waals surface area contributed by atoms with Gasteiger partial charge in [0.05, 0.1) is 0 Å². The lowest BCUT2D eigenvalue weighted by Crippen LogP contribution is -2.38. The topological polar surface area (TPSA) is 21.7 Å². The first-order valence-corrected chi connectivity index (χ1v) is 8.64. The summed E-state index contributed by atoms with van der Waals surface area (Å²) in [4.78, 5) is 2.67. The van der Waals surface area contributed by atoms with Crippen LogP contribution in [0.5, 0.6) is 11.5 Å². The molecule has 3 aliphatic rings. The van der Waals surface area contributed by atoms with Crippen molar-refractivity contribution in [1.29, 1.82) is 0 Å². The lowest BCUT2D eigenvalue weighted by Gasteiger charge is -2.41. The van der Waals surface area contributed by atoms with Gasteiger partial charge in [-0.15, -0.1) is 0 Å². The summed E-state index contributed by atoms with van der Waals surface area (Å²) in [5.41, 5.74) is 7.07. The average molecular weight is 307 g/mol. The van der Waals surface area contributed by atoms with Crippen molar-refractivity contribution < 1.29 is 9.47 Å². The smallest absolute Gasteiger partial charge is 0.231 e. The summed E-state index contributed by atoms with van der Waals surface area (Å²) in [7, 11) is 0. The van der Waals surface area contributed by atoms with Gasteiger partial charge >= 0.3 is 0 Å². The molecule has 118 valence electrons. The van der Waals surface area contributed by atoms with E-state index in [1.54, 1.807) is 0 Å². The molecule has 0 amide bonds. The van der Waals surface area contributed by atoms with E-state index >= 15 is 0 Å². The Balaban J connectivity index is 1.74. The summed E-state index contributed by atoms with van der Waals surface area (Å²) in [5, 5.41) is 0. The van der Waals surface area contributed by atoms with Gasteiger partial charge in [-0.1, -0.05) is 31.2 Å². The number of rotatable bonds is 2. The summed E-state index contributed by atoms with van der Waals surface area (Å²) in [6.07, 6.45) is 3.44. The van der Waals surface area contributed by atoms with Gasteiger partial charge in [-0.05, 0) is 54.1 Å². The van der Waals surface area contributed by atoms with Crippen LogP contribution in [0.4, 0.5) is 0 Å². The molecule has 0 fully saturated rings. The molecule has 1 aliphatic carbocycles. The molecular weight excluding hydrogens is 286 g/mol. The van der Waals surface area contributed by atoms with Crippen molar-refractivity contribution in [3.8, 4) is 22.6 Å². The second-order valence-electron chi connectivity index (χ2n) is 6.72. The van der Waals surface area contributed by atoms with Crippen molar-refractivity contribution in [1.82, 2.24) is 4.90 Å². The minimum atomic E-state index is 0.339. The minimum absolute atomic E-state index is 0.339. The normalized spacial score (nSPS) is 21.0. The summed E-state index contributed by atoms with van der Waals surface area (Å²) >= 11 is 0. The van der Waals surface area contributed by atoms with Crippen molar-refractivity contribution in [2.24, 2.45) is 0 Å². The van der Waals surface area contributed by atoms with Gasteiger partial charge in [0.2, 0.25) is 6.79 Å². The first-order valence-electron chi connectivity index (χ1n) is 8.64. The molecule has 2 heterocycles. The highest BCUT2D eigenvalue weighted by atomic mass is 16.7. The van der Waals surface area contributed by atoms with E-state index in [0.29, 0.717) is 12.8 Å². The maximum absolute atomic E-state index is 5.82. The van der Waals surface area contributed by atoms with Crippen LogP contribution in [-0.2, 0) is 12.8 Å². The summed E-state index contributed by atoms with van der Waals surface area (Å²) in [6.45, 7) is 4.97. The zero-order chi connectivity index (χ0) is 15.4. The van der Waals surface area contributed by atoms with Gasteiger partial charge in [0.15, 0.2) is 11.5 Å². The van der Waals surface area contributed by atoms with Gasteiger partial charge in [0, 0.05) is 18.2 Å². The maximum Gasteiger partial charge on any atom is 0.231 e. The molecule has 0 radical (unpaired) electrons. The highest BCUT2D eigenvalue weighted by Gasteiger charge is 2.36. The van der Waals surface area contributed by atoms with Crippen molar-refractivity contribution >= 4 is 0 Å². The molecule has 2 aromatic carbocycles. The molecule has 23 heavy (non-hydrogen) atoms. The molecule has 0 spiro atoms. The van der Waals surface area contributed by atoms with E-state index in [4.69, 9.17) is 9.47 Å². The lowest BCUT2D eigenvalue weighted by atomic mass is 9.76. The molecule has 2 aliphatic heterocycles. The van der Waals surface area contributed by atoms with Gasteiger partial charge in [0.25, 0.3) is 0 Å². The molecule has 5 rings (SSSR count). The number of ether oxygens (including phenoxy) is 2. The Labute approximate surface area is 136 Å². The van der Waals surface area contributed by atoms with Crippen LogP contribution < -0.4 is 9.47 Å². The van der Waals surface area contributed by atoms with Crippen molar-refractivity contribution in [2.75, 3.05) is 19.9 Å². The first kappa shape index (κ1) is 13.4. The molecule has 0 unspecified atom stereocenters. The molecule has 3 heteroatoms. The fourth-order valence-electron chi connectivity index (χ4n) is 4.52. The van der Waals surface area contributed by atoms with Crippen molar-refractivity contribution in [3.05, 3.63) is 47.0 Å². The van der Waals surface area contributed by atoms with Crippen LogP contribution in [0, 0.1) is 0 Å². The van der Waals surface area contributed by atoms with Crippen LogP contribution in [0.1, 0.15) is 36.1 Å². The number of fused-ring (bicyclic) bond motifs is 4. The number of hydrogen-bond acceptors (Lipinski definition) is 3. The fourth-order valence-corrected chi connectivity index (χ4v) is 4.52. The lowest BCUT2D eigenvalue weighted by molar-refractivity contribution is 0.173. The predicted molar refractivity (Wildman–Crippen MR) is 90.0 cm³/mol. The molecular formula is C20H21NO2. The van der Waals surface area contributed by atoms with Crippen LogP contribution in [0.2, 0.25) is 0 Å². The zero-order valence-electron chi connectivity index (χ0n) is 13.5. The van der Waals surface area contributed by atoms with Gasteiger partial charge < -0.3 is 9.47 Å². The summed E-state index contributed by atoms with van der Waals surface area (Å²) in [5.74, 6) is 1.84. The van der Waals surface area contributed by atoms with E-state index in [1.165, 1.54) is 47.3 Å². The second kappa shape index (κ2) is 5.00. The largest absolute Gasteiger partial charge is 0.454 e. The average Bonchev–Trinajstić information content (AvgIpc) is 3.06.